The van der Waals surface area contributed by atoms with Gasteiger partial charge in [-0.2, -0.15) is 0 Å². The smallest absolute Gasteiger partial charge is 0.242 e. The number of likely N-dealkylation sites (N-methyl/N-ethyl adjacent to an activating group) is 1. The van der Waals surface area contributed by atoms with Crippen LogP contribution in [0.3, 0.4) is 0 Å². The molecule has 1 aromatic heterocycles. The monoisotopic (exact) mass is 374 g/mol. The first-order valence-corrected chi connectivity index (χ1v) is 9.74. The lowest BCUT2D eigenvalue weighted by molar-refractivity contribution is -0.125. The highest BCUT2D eigenvalue weighted by Crippen LogP contribution is 2.19. The SMILES string of the molecule is CN(C)C(C(=O)NCc1nc(CN2CCOCC2)cs1)c1ccccc1. The van der Waals surface area contributed by atoms with E-state index in [9.17, 15) is 4.79 Å². The Labute approximate surface area is 158 Å². The lowest BCUT2D eigenvalue weighted by Crippen LogP contribution is -2.36. The summed E-state index contributed by atoms with van der Waals surface area (Å²) in [5.41, 5.74) is 2.05. The summed E-state index contributed by atoms with van der Waals surface area (Å²) in [5.74, 6) is -0.00821. The molecule has 140 valence electrons. The normalized spacial score (nSPS) is 16.6. The molecule has 2 heterocycles. The van der Waals surface area contributed by atoms with Crippen molar-refractivity contribution in [2.75, 3.05) is 40.4 Å². The molecular formula is C19H26N4O2S. The van der Waals surface area contributed by atoms with Gasteiger partial charge in [-0.15, -0.1) is 11.3 Å². The number of carbonyl (C=O) groups excluding carboxylic acids is 1. The summed E-state index contributed by atoms with van der Waals surface area (Å²) < 4.78 is 5.37. The van der Waals surface area contributed by atoms with Crippen LogP contribution in [0.5, 0.6) is 0 Å². The number of nitrogens with zero attached hydrogens (tertiary/aromatic N) is 3. The first kappa shape index (κ1) is 19.0. The summed E-state index contributed by atoms with van der Waals surface area (Å²) >= 11 is 1.60. The van der Waals surface area contributed by atoms with E-state index in [1.54, 1.807) is 11.3 Å². The number of rotatable bonds is 7. The summed E-state index contributed by atoms with van der Waals surface area (Å²) in [6.45, 7) is 4.79. The van der Waals surface area contributed by atoms with Crippen molar-refractivity contribution < 1.29 is 9.53 Å². The van der Waals surface area contributed by atoms with Crippen LogP contribution in [0.2, 0.25) is 0 Å². The van der Waals surface area contributed by atoms with Crippen LogP contribution in [0.4, 0.5) is 0 Å². The van der Waals surface area contributed by atoms with Crippen molar-refractivity contribution in [1.29, 1.82) is 0 Å². The molecule has 1 fully saturated rings. The van der Waals surface area contributed by atoms with Gasteiger partial charge in [0.15, 0.2) is 0 Å². The van der Waals surface area contributed by atoms with Crippen LogP contribution in [-0.2, 0) is 22.6 Å². The molecule has 1 aliphatic rings. The van der Waals surface area contributed by atoms with E-state index >= 15 is 0 Å². The number of ether oxygens (including phenoxy) is 1. The van der Waals surface area contributed by atoms with Gasteiger partial charge in [0.2, 0.25) is 5.91 Å². The minimum atomic E-state index is -0.302. The van der Waals surface area contributed by atoms with E-state index in [1.165, 1.54) is 0 Å². The Morgan fingerprint density at radius 2 is 2.04 bits per heavy atom. The molecule has 1 amide bonds. The maximum absolute atomic E-state index is 12.7. The van der Waals surface area contributed by atoms with E-state index in [2.05, 4.69) is 20.6 Å². The molecule has 26 heavy (non-hydrogen) atoms. The molecule has 6 nitrogen and oxygen atoms in total. The van der Waals surface area contributed by atoms with Crippen LogP contribution in [0.15, 0.2) is 35.7 Å². The fourth-order valence-corrected chi connectivity index (χ4v) is 3.79. The second-order valence-electron chi connectivity index (χ2n) is 6.62. The van der Waals surface area contributed by atoms with E-state index in [-0.39, 0.29) is 11.9 Å². The molecule has 0 bridgehead atoms. The van der Waals surface area contributed by atoms with Crippen molar-refractivity contribution in [3.05, 3.63) is 52.0 Å². The van der Waals surface area contributed by atoms with Gasteiger partial charge in [-0.3, -0.25) is 14.6 Å². The predicted molar refractivity (Wildman–Crippen MR) is 103 cm³/mol. The Morgan fingerprint density at radius 1 is 1.31 bits per heavy atom. The molecular weight excluding hydrogens is 348 g/mol. The number of aromatic nitrogens is 1. The van der Waals surface area contributed by atoms with Crippen molar-refractivity contribution in [1.82, 2.24) is 20.1 Å². The van der Waals surface area contributed by atoms with E-state index in [1.807, 2.05) is 49.3 Å². The van der Waals surface area contributed by atoms with Gasteiger partial charge in [-0.05, 0) is 19.7 Å². The van der Waals surface area contributed by atoms with Gasteiger partial charge in [-0.1, -0.05) is 30.3 Å². The molecule has 1 aromatic carbocycles. The first-order valence-electron chi connectivity index (χ1n) is 8.86. The van der Waals surface area contributed by atoms with E-state index in [0.717, 1.165) is 49.1 Å². The number of hydrogen-bond acceptors (Lipinski definition) is 6. The summed E-state index contributed by atoms with van der Waals surface area (Å²) in [7, 11) is 3.84. The lowest BCUT2D eigenvalue weighted by atomic mass is 10.1. The fourth-order valence-electron chi connectivity index (χ4n) is 3.07. The quantitative estimate of drug-likeness (QED) is 0.802. The molecule has 1 aliphatic heterocycles. The number of carbonyl (C=O) groups is 1. The molecule has 1 unspecified atom stereocenters. The van der Waals surface area contributed by atoms with Gasteiger partial charge < -0.3 is 10.1 Å². The van der Waals surface area contributed by atoms with Gasteiger partial charge in [0.25, 0.3) is 0 Å². The molecule has 1 saturated heterocycles. The van der Waals surface area contributed by atoms with Gasteiger partial charge in [0, 0.05) is 25.0 Å². The fraction of sp³-hybridized carbons (Fsp3) is 0.474. The third-order valence-corrected chi connectivity index (χ3v) is 5.28. The largest absolute Gasteiger partial charge is 0.379 e. The van der Waals surface area contributed by atoms with Crippen LogP contribution in [0, 0.1) is 0 Å². The zero-order valence-corrected chi connectivity index (χ0v) is 16.2. The van der Waals surface area contributed by atoms with Gasteiger partial charge in [0.1, 0.15) is 11.0 Å². The maximum Gasteiger partial charge on any atom is 0.242 e. The van der Waals surface area contributed by atoms with Crippen molar-refractivity contribution in [3.63, 3.8) is 0 Å². The standard InChI is InChI=1S/C19H26N4O2S/c1-22(2)18(15-6-4-3-5-7-15)19(24)20-12-17-21-16(14-26-17)13-23-8-10-25-11-9-23/h3-7,14,18H,8-13H2,1-2H3,(H,20,24). The predicted octanol–water partition coefficient (Wildman–Crippen LogP) is 1.89. The zero-order chi connectivity index (χ0) is 18.4. The molecule has 0 radical (unpaired) electrons. The second kappa shape index (κ2) is 9.23. The van der Waals surface area contributed by atoms with E-state index in [0.29, 0.717) is 6.54 Å². The van der Waals surface area contributed by atoms with Crippen LogP contribution in [0.1, 0.15) is 22.3 Å². The highest BCUT2D eigenvalue weighted by atomic mass is 32.1. The van der Waals surface area contributed by atoms with Gasteiger partial charge in [0.05, 0.1) is 25.5 Å². The number of thiazole rings is 1. The highest BCUT2D eigenvalue weighted by Gasteiger charge is 2.22. The molecule has 1 atom stereocenters. The highest BCUT2D eigenvalue weighted by molar-refractivity contribution is 7.09. The number of morpholine rings is 1. The number of hydrogen-bond donors (Lipinski definition) is 1. The van der Waals surface area contributed by atoms with Gasteiger partial charge in [-0.25, -0.2) is 4.98 Å². The van der Waals surface area contributed by atoms with Crippen LogP contribution >= 0.6 is 11.3 Å². The van der Waals surface area contributed by atoms with E-state index in [4.69, 9.17) is 4.74 Å². The van der Waals surface area contributed by atoms with Crippen molar-refractivity contribution in [3.8, 4) is 0 Å². The number of benzene rings is 1. The minimum Gasteiger partial charge on any atom is -0.379 e. The first-order chi connectivity index (χ1) is 12.6. The molecule has 1 N–H and O–H groups in total. The second-order valence-corrected chi connectivity index (χ2v) is 7.56. The molecule has 7 heteroatoms. The topological polar surface area (TPSA) is 57.7 Å². The Hall–Kier alpha value is -1.80. The van der Waals surface area contributed by atoms with E-state index < -0.39 is 0 Å². The molecule has 0 spiro atoms. The lowest BCUT2D eigenvalue weighted by Gasteiger charge is -2.25. The Kier molecular flexibility index (Phi) is 6.73. The average molecular weight is 375 g/mol. The van der Waals surface area contributed by atoms with Crippen LogP contribution < -0.4 is 5.32 Å². The van der Waals surface area contributed by atoms with Crippen molar-refractivity contribution >= 4 is 17.2 Å². The van der Waals surface area contributed by atoms with Crippen LogP contribution in [-0.4, -0.2) is 61.1 Å². The van der Waals surface area contributed by atoms with Gasteiger partial charge >= 0.3 is 0 Å². The number of amides is 1. The molecule has 0 aliphatic carbocycles. The van der Waals surface area contributed by atoms with Crippen LogP contribution in [0.25, 0.3) is 0 Å². The van der Waals surface area contributed by atoms with Crippen molar-refractivity contribution in [2.24, 2.45) is 0 Å². The molecule has 0 saturated carbocycles. The van der Waals surface area contributed by atoms with Crippen molar-refractivity contribution in [2.45, 2.75) is 19.1 Å². The molecule has 3 rings (SSSR count). The average Bonchev–Trinajstić information content (AvgIpc) is 3.09. The maximum atomic E-state index is 12.7. The summed E-state index contributed by atoms with van der Waals surface area (Å²) in [6, 6.07) is 9.53. The Bertz CT molecular complexity index is 699. The Balaban J connectivity index is 1.55. The summed E-state index contributed by atoms with van der Waals surface area (Å²) in [6.07, 6.45) is 0. The molecule has 2 aromatic rings. The zero-order valence-electron chi connectivity index (χ0n) is 15.4. The minimum absolute atomic E-state index is 0.00821. The summed E-state index contributed by atoms with van der Waals surface area (Å²) in [5, 5.41) is 6.05. The Morgan fingerprint density at radius 3 is 2.73 bits per heavy atom. The third-order valence-electron chi connectivity index (χ3n) is 4.38. The number of nitrogens with one attached hydrogen (secondary N) is 1. The third kappa shape index (κ3) is 5.11. The summed E-state index contributed by atoms with van der Waals surface area (Å²) in [4.78, 5) is 21.6.